The summed E-state index contributed by atoms with van der Waals surface area (Å²) >= 11 is 3.50. The standard InChI is InChI=1S/C13H13BrN2O/c1-8-6-12(5-4-11(8)7-17)16-10(3)13(14)9(2)15-16/h4-7H,1-3H3. The van der Waals surface area contributed by atoms with Gasteiger partial charge in [0.15, 0.2) is 0 Å². The maximum Gasteiger partial charge on any atom is 0.150 e. The maximum atomic E-state index is 10.8. The number of aromatic nitrogens is 2. The van der Waals surface area contributed by atoms with Gasteiger partial charge in [-0.05, 0) is 60.5 Å². The molecule has 2 rings (SSSR count). The average Bonchev–Trinajstić information content (AvgIpc) is 2.57. The summed E-state index contributed by atoms with van der Waals surface area (Å²) in [7, 11) is 0. The van der Waals surface area contributed by atoms with Gasteiger partial charge in [0.2, 0.25) is 0 Å². The van der Waals surface area contributed by atoms with Crippen LogP contribution in [0.3, 0.4) is 0 Å². The van der Waals surface area contributed by atoms with Gasteiger partial charge in [-0.2, -0.15) is 5.10 Å². The number of benzene rings is 1. The fourth-order valence-corrected chi connectivity index (χ4v) is 2.05. The Bertz CT molecular complexity index is 587. The molecule has 0 saturated carbocycles. The molecule has 0 saturated heterocycles. The number of hydrogen-bond donors (Lipinski definition) is 0. The number of aldehydes is 1. The summed E-state index contributed by atoms with van der Waals surface area (Å²) in [6.45, 7) is 5.89. The van der Waals surface area contributed by atoms with E-state index in [-0.39, 0.29) is 0 Å². The lowest BCUT2D eigenvalue weighted by atomic mass is 10.1. The molecule has 0 radical (unpaired) electrons. The maximum absolute atomic E-state index is 10.8. The molecule has 0 aliphatic carbocycles. The molecule has 17 heavy (non-hydrogen) atoms. The molecule has 0 aliphatic rings. The topological polar surface area (TPSA) is 34.9 Å². The zero-order valence-corrected chi connectivity index (χ0v) is 11.6. The van der Waals surface area contributed by atoms with E-state index in [2.05, 4.69) is 21.0 Å². The summed E-state index contributed by atoms with van der Waals surface area (Å²) < 4.78 is 2.90. The molecule has 0 aliphatic heterocycles. The van der Waals surface area contributed by atoms with Crippen molar-refractivity contribution >= 4 is 22.2 Å². The summed E-state index contributed by atoms with van der Waals surface area (Å²) in [6, 6.07) is 5.69. The second kappa shape index (κ2) is 4.45. The lowest BCUT2D eigenvalue weighted by Gasteiger charge is -2.06. The van der Waals surface area contributed by atoms with E-state index in [1.165, 1.54) is 0 Å². The molecule has 0 fully saturated rings. The average molecular weight is 293 g/mol. The van der Waals surface area contributed by atoms with Gasteiger partial charge in [-0.1, -0.05) is 0 Å². The third-order valence-electron chi connectivity index (χ3n) is 2.83. The highest BCUT2D eigenvalue weighted by molar-refractivity contribution is 9.10. The monoisotopic (exact) mass is 292 g/mol. The van der Waals surface area contributed by atoms with E-state index in [1.807, 2.05) is 43.7 Å². The van der Waals surface area contributed by atoms with Crippen molar-refractivity contribution in [3.8, 4) is 5.69 Å². The number of rotatable bonds is 2. The largest absolute Gasteiger partial charge is 0.298 e. The highest BCUT2D eigenvalue weighted by Gasteiger charge is 2.10. The fraction of sp³-hybridized carbons (Fsp3) is 0.231. The van der Waals surface area contributed by atoms with Gasteiger partial charge in [-0.25, -0.2) is 4.68 Å². The van der Waals surface area contributed by atoms with Crippen LogP contribution in [0.25, 0.3) is 5.69 Å². The Kier molecular flexibility index (Phi) is 3.15. The van der Waals surface area contributed by atoms with Gasteiger partial charge in [0, 0.05) is 5.56 Å². The summed E-state index contributed by atoms with van der Waals surface area (Å²) in [4.78, 5) is 10.8. The number of carbonyl (C=O) groups is 1. The van der Waals surface area contributed by atoms with Crippen molar-refractivity contribution in [1.82, 2.24) is 9.78 Å². The smallest absolute Gasteiger partial charge is 0.150 e. The van der Waals surface area contributed by atoms with Crippen molar-refractivity contribution in [2.75, 3.05) is 0 Å². The van der Waals surface area contributed by atoms with Crippen LogP contribution in [0.5, 0.6) is 0 Å². The van der Waals surface area contributed by atoms with Crippen molar-refractivity contribution < 1.29 is 4.79 Å². The summed E-state index contributed by atoms with van der Waals surface area (Å²) in [5, 5.41) is 4.46. The molecule has 3 nitrogen and oxygen atoms in total. The first-order valence-corrected chi connectivity index (χ1v) is 6.12. The van der Waals surface area contributed by atoms with Crippen LogP contribution in [-0.4, -0.2) is 16.1 Å². The van der Waals surface area contributed by atoms with Crippen LogP contribution in [0, 0.1) is 20.8 Å². The van der Waals surface area contributed by atoms with Crippen LogP contribution in [0.4, 0.5) is 0 Å². The number of nitrogens with zero attached hydrogens (tertiary/aromatic N) is 2. The molecule has 0 atom stereocenters. The van der Waals surface area contributed by atoms with Crippen molar-refractivity contribution in [2.45, 2.75) is 20.8 Å². The molecular formula is C13H13BrN2O. The molecule has 1 aromatic carbocycles. The van der Waals surface area contributed by atoms with E-state index in [0.29, 0.717) is 5.56 Å². The van der Waals surface area contributed by atoms with E-state index < -0.39 is 0 Å². The Morgan fingerprint density at radius 3 is 2.47 bits per heavy atom. The highest BCUT2D eigenvalue weighted by atomic mass is 79.9. The third kappa shape index (κ3) is 2.05. The van der Waals surface area contributed by atoms with Crippen LogP contribution in [0.1, 0.15) is 27.3 Å². The minimum absolute atomic E-state index is 0.717. The lowest BCUT2D eigenvalue weighted by molar-refractivity contribution is 0.112. The quantitative estimate of drug-likeness (QED) is 0.796. The predicted molar refractivity (Wildman–Crippen MR) is 70.9 cm³/mol. The SMILES string of the molecule is Cc1cc(-n2nc(C)c(Br)c2C)ccc1C=O. The Hall–Kier alpha value is -1.42. The zero-order chi connectivity index (χ0) is 12.6. The summed E-state index contributed by atoms with van der Waals surface area (Å²) in [5.74, 6) is 0. The molecule has 0 spiro atoms. The number of hydrogen-bond acceptors (Lipinski definition) is 2. The molecular weight excluding hydrogens is 280 g/mol. The van der Waals surface area contributed by atoms with Gasteiger partial charge < -0.3 is 0 Å². The summed E-state index contributed by atoms with van der Waals surface area (Å²) in [5.41, 5.74) is 4.66. The van der Waals surface area contributed by atoms with Gasteiger partial charge >= 0.3 is 0 Å². The molecule has 0 amide bonds. The summed E-state index contributed by atoms with van der Waals surface area (Å²) in [6.07, 6.45) is 0.871. The Labute approximate surface area is 109 Å². The molecule has 0 N–H and O–H groups in total. The first-order valence-electron chi connectivity index (χ1n) is 5.32. The Balaban J connectivity index is 2.57. The number of carbonyl (C=O) groups excluding carboxylic acids is 1. The first kappa shape index (κ1) is 12.0. The second-order valence-electron chi connectivity index (χ2n) is 4.06. The molecule has 0 unspecified atom stereocenters. The van der Waals surface area contributed by atoms with Gasteiger partial charge in [-0.15, -0.1) is 0 Å². The predicted octanol–water partition coefficient (Wildman–Crippen LogP) is 3.37. The number of halogens is 1. The van der Waals surface area contributed by atoms with Gasteiger partial charge in [0.25, 0.3) is 0 Å². The Morgan fingerprint density at radius 1 is 1.29 bits per heavy atom. The van der Waals surface area contributed by atoms with E-state index in [9.17, 15) is 4.79 Å². The zero-order valence-electron chi connectivity index (χ0n) is 9.99. The molecule has 4 heteroatoms. The van der Waals surface area contributed by atoms with Crippen molar-refractivity contribution in [3.05, 3.63) is 45.2 Å². The van der Waals surface area contributed by atoms with Crippen molar-refractivity contribution in [3.63, 3.8) is 0 Å². The first-order chi connectivity index (χ1) is 8.04. The fourth-order valence-electron chi connectivity index (χ4n) is 1.80. The van der Waals surface area contributed by atoms with Crippen LogP contribution in [0.2, 0.25) is 0 Å². The normalized spacial score (nSPS) is 10.6. The van der Waals surface area contributed by atoms with Crippen molar-refractivity contribution in [2.24, 2.45) is 0 Å². The molecule has 2 aromatic rings. The van der Waals surface area contributed by atoms with Gasteiger partial charge in [-0.3, -0.25) is 4.79 Å². The van der Waals surface area contributed by atoms with E-state index in [4.69, 9.17) is 0 Å². The van der Waals surface area contributed by atoms with Crippen LogP contribution < -0.4 is 0 Å². The van der Waals surface area contributed by atoms with Gasteiger partial charge in [0.1, 0.15) is 6.29 Å². The molecule has 1 heterocycles. The molecule has 1 aromatic heterocycles. The van der Waals surface area contributed by atoms with Crippen LogP contribution >= 0.6 is 15.9 Å². The molecule has 88 valence electrons. The van der Waals surface area contributed by atoms with Crippen LogP contribution in [-0.2, 0) is 0 Å². The van der Waals surface area contributed by atoms with Crippen LogP contribution in [0.15, 0.2) is 22.7 Å². The highest BCUT2D eigenvalue weighted by Crippen LogP contribution is 2.23. The minimum atomic E-state index is 0.717. The van der Waals surface area contributed by atoms with Crippen molar-refractivity contribution in [1.29, 1.82) is 0 Å². The Morgan fingerprint density at radius 2 is 2.00 bits per heavy atom. The second-order valence-corrected chi connectivity index (χ2v) is 4.85. The van der Waals surface area contributed by atoms with Gasteiger partial charge in [0.05, 0.1) is 21.5 Å². The van der Waals surface area contributed by atoms with E-state index in [1.54, 1.807) is 0 Å². The van der Waals surface area contributed by atoms with E-state index in [0.717, 1.165) is 33.4 Å². The number of aryl methyl sites for hydroxylation is 2. The minimum Gasteiger partial charge on any atom is -0.298 e. The molecule has 0 bridgehead atoms. The third-order valence-corrected chi connectivity index (χ3v) is 3.98. The van der Waals surface area contributed by atoms with E-state index >= 15 is 0 Å². The lowest BCUT2D eigenvalue weighted by Crippen LogP contribution is -2.00.